The van der Waals surface area contributed by atoms with Gasteiger partial charge in [-0.25, -0.2) is 4.90 Å². The average molecular weight is 517 g/mol. The summed E-state index contributed by atoms with van der Waals surface area (Å²) in [6.07, 6.45) is 1.87. The van der Waals surface area contributed by atoms with Crippen LogP contribution in [0.2, 0.25) is 5.02 Å². The predicted octanol–water partition coefficient (Wildman–Crippen LogP) is 6.91. The highest BCUT2D eigenvalue weighted by Crippen LogP contribution is 2.60. The van der Waals surface area contributed by atoms with Gasteiger partial charge in [0.05, 0.1) is 33.6 Å². The molecule has 4 atom stereocenters. The van der Waals surface area contributed by atoms with Crippen molar-refractivity contribution in [1.82, 2.24) is 0 Å². The van der Waals surface area contributed by atoms with Gasteiger partial charge in [-0.3, -0.25) is 14.6 Å². The molecule has 4 aromatic rings. The minimum Gasteiger partial charge on any atom is -0.274 e. The molecule has 6 aliphatic rings. The standard InChI is InChI=1S/C33H25ClN2O2/c1-19-11-16-27(20(2)17-19)36-31(37)29-28-21-12-14-22(15-13-21)33(30(29)32(36)38,24-8-4-3-7-23(24)28)18-35-26-10-6-5-9-25(26)34/h3-18,28-30H,1-2H3/t28-,29-,30+,33-/m0/s1. The number of rotatable bonds is 3. The van der Waals surface area contributed by atoms with Gasteiger partial charge in [0, 0.05) is 12.1 Å². The molecule has 1 aliphatic heterocycles. The lowest BCUT2D eigenvalue weighted by molar-refractivity contribution is -0.122. The molecule has 1 fully saturated rings. The van der Waals surface area contributed by atoms with Crippen LogP contribution in [0.5, 0.6) is 0 Å². The Kier molecular flexibility index (Phi) is 5.01. The van der Waals surface area contributed by atoms with Crippen molar-refractivity contribution in [3.05, 3.63) is 129 Å². The quantitative estimate of drug-likeness (QED) is 0.219. The maximum Gasteiger partial charge on any atom is 0.239 e. The van der Waals surface area contributed by atoms with E-state index < -0.39 is 17.3 Å². The second kappa shape index (κ2) is 8.24. The highest BCUT2D eigenvalue weighted by atomic mass is 35.5. The number of hydrogen-bond donors (Lipinski definition) is 0. The number of para-hydroxylation sites is 1. The lowest BCUT2D eigenvalue weighted by atomic mass is 9.52. The number of carbonyl (C=O) groups excluding carboxylic acids is 2. The second-order valence-electron chi connectivity index (χ2n) is 10.6. The minimum absolute atomic E-state index is 0.149. The number of nitrogens with zero attached hydrogens (tertiary/aromatic N) is 2. The van der Waals surface area contributed by atoms with Gasteiger partial charge in [-0.15, -0.1) is 0 Å². The highest BCUT2D eigenvalue weighted by Gasteiger charge is 2.65. The minimum atomic E-state index is -0.935. The first-order valence-electron chi connectivity index (χ1n) is 12.9. The summed E-state index contributed by atoms with van der Waals surface area (Å²) in [6.45, 7) is 3.97. The summed E-state index contributed by atoms with van der Waals surface area (Å²) >= 11 is 6.49. The monoisotopic (exact) mass is 516 g/mol. The lowest BCUT2D eigenvalue weighted by Crippen LogP contribution is -2.51. The molecule has 1 saturated heterocycles. The summed E-state index contributed by atoms with van der Waals surface area (Å²) in [7, 11) is 0. The Labute approximate surface area is 226 Å². The molecule has 10 rings (SSSR count). The summed E-state index contributed by atoms with van der Waals surface area (Å²) in [6, 6.07) is 29.9. The molecule has 38 heavy (non-hydrogen) atoms. The highest BCUT2D eigenvalue weighted by molar-refractivity contribution is 6.33. The molecule has 5 aliphatic carbocycles. The number of benzene rings is 4. The summed E-state index contributed by atoms with van der Waals surface area (Å²) in [5.41, 5.74) is 6.43. The van der Waals surface area contributed by atoms with E-state index in [0.29, 0.717) is 16.4 Å². The molecule has 186 valence electrons. The zero-order valence-corrected chi connectivity index (χ0v) is 21.8. The second-order valence-corrected chi connectivity index (χ2v) is 11.0. The Balaban J connectivity index is 1.52. The summed E-state index contributed by atoms with van der Waals surface area (Å²) in [4.78, 5) is 35.3. The zero-order chi connectivity index (χ0) is 26.2. The smallest absolute Gasteiger partial charge is 0.239 e. The van der Waals surface area contributed by atoms with Crippen LogP contribution in [0.25, 0.3) is 0 Å². The number of imide groups is 1. The Morgan fingerprint density at radius 2 is 1.61 bits per heavy atom. The van der Waals surface area contributed by atoms with Crippen LogP contribution in [-0.4, -0.2) is 18.0 Å². The number of aryl methyl sites for hydroxylation is 2. The lowest BCUT2D eigenvalue weighted by Gasteiger charge is -2.48. The average Bonchev–Trinajstić information content (AvgIpc) is 3.16. The van der Waals surface area contributed by atoms with Gasteiger partial charge in [0.2, 0.25) is 11.8 Å². The fourth-order valence-electron chi connectivity index (χ4n) is 6.95. The van der Waals surface area contributed by atoms with E-state index in [4.69, 9.17) is 16.6 Å². The zero-order valence-electron chi connectivity index (χ0n) is 21.1. The molecule has 4 aromatic carbocycles. The van der Waals surface area contributed by atoms with Crippen molar-refractivity contribution in [3.8, 4) is 0 Å². The number of carbonyl (C=O) groups is 2. The summed E-state index contributed by atoms with van der Waals surface area (Å²) in [5, 5.41) is 0.533. The van der Waals surface area contributed by atoms with E-state index >= 15 is 0 Å². The fourth-order valence-corrected chi connectivity index (χ4v) is 7.13. The molecule has 5 heteroatoms. The predicted molar refractivity (Wildman–Crippen MR) is 150 cm³/mol. The van der Waals surface area contributed by atoms with Gasteiger partial charge < -0.3 is 0 Å². The van der Waals surface area contributed by atoms with Gasteiger partial charge >= 0.3 is 0 Å². The van der Waals surface area contributed by atoms with Crippen LogP contribution in [0.1, 0.15) is 39.3 Å². The normalized spacial score (nSPS) is 25.0. The van der Waals surface area contributed by atoms with E-state index in [-0.39, 0.29) is 17.7 Å². The molecule has 4 nitrogen and oxygen atoms in total. The Bertz CT molecular complexity index is 1670. The molecule has 0 aromatic heterocycles. The van der Waals surface area contributed by atoms with Crippen LogP contribution in [0.3, 0.4) is 0 Å². The molecular weight excluding hydrogens is 492 g/mol. The molecule has 0 spiro atoms. The van der Waals surface area contributed by atoms with Crippen LogP contribution in [0, 0.1) is 25.7 Å². The molecule has 0 N–H and O–H groups in total. The van der Waals surface area contributed by atoms with E-state index in [1.807, 2.05) is 68.6 Å². The van der Waals surface area contributed by atoms with Crippen molar-refractivity contribution in [3.63, 3.8) is 0 Å². The third-order valence-corrected chi connectivity index (χ3v) is 8.86. The molecule has 0 radical (unpaired) electrons. The van der Waals surface area contributed by atoms with E-state index in [2.05, 4.69) is 36.4 Å². The van der Waals surface area contributed by atoms with Gasteiger partial charge in [-0.05, 0) is 59.9 Å². The molecule has 0 unspecified atom stereocenters. The largest absolute Gasteiger partial charge is 0.274 e. The molecule has 2 amide bonds. The van der Waals surface area contributed by atoms with Crippen molar-refractivity contribution in [2.45, 2.75) is 25.2 Å². The molecular formula is C33H25ClN2O2. The van der Waals surface area contributed by atoms with Crippen molar-refractivity contribution >= 4 is 41.0 Å². The number of hydrogen-bond acceptors (Lipinski definition) is 3. The van der Waals surface area contributed by atoms with Crippen LogP contribution in [0.4, 0.5) is 11.4 Å². The Hall–Kier alpha value is -4.02. The van der Waals surface area contributed by atoms with Gasteiger partial charge in [0.25, 0.3) is 0 Å². The Morgan fingerprint density at radius 3 is 2.37 bits per heavy atom. The number of aliphatic imine (C=N–C) groups is 1. The van der Waals surface area contributed by atoms with Gasteiger partial charge in [0.1, 0.15) is 0 Å². The molecule has 4 bridgehead atoms. The Morgan fingerprint density at radius 1 is 0.868 bits per heavy atom. The van der Waals surface area contributed by atoms with E-state index in [1.165, 1.54) is 4.90 Å². The van der Waals surface area contributed by atoms with E-state index in [9.17, 15) is 9.59 Å². The first-order chi connectivity index (χ1) is 18.4. The van der Waals surface area contributed by atoms with Crippen LogP contribution >= 0.6 is 11.6 Å². The summed E-state index contributed by atoms with van der Waals surface area (Å²) in [5.74, 6) is -1.74. The topological polar surface area (TPSA) is 49.7 Å². The summed E-state index contributed by atoms with van der Waals surface area (Å²) < 4.78 is 0. The number of amides is 2. The van der Waals surface area contributed by atoms with Crippen molar-refractivity contribution in [1.29, 1.82) is 0 Å². The number of halogens is 1. The first kappa shape index (κ1) is 23.1. The van der Waals surface area contributed by atoms with Crippen LogP contribution in [-0.2, 0) is 15.0 Å². The van der Waals surface area contributed by atoms with E-state index in [1.54, 1.807) is 6.07 Å². The molecule has 0 saturated carbocycles. The van der Waals surface area contributed by atoms with Crippen molar-refractivity contribution in [2.75, 3.05) is 4.90 Å². The van der Waals surface area contributed by atoms with Gasteiger partial charge in [0.15, 0.2) is 0 Å². The van der Waals surface area contributed by atoms with E-state index in [0.717, 1.165) is 33.4 Å². The maximum absolute atomic E-state index is 14.6. The van der Waals surface area contributed by atoms with Gasteiger partial charge in [-0.1, -0.05) is 90.0 Å². The van der Waals surface area contributed by atoms with Gasteiger partial charge in [-0.2, -0.15) is 0 Å². The number of anilines is 1. The molecule has 1 heterocycles. The third kappa shape index (κ3) is 3.01. The third-order valence-electron chi connectivity index (χ3n) is 8.54. The SMILES string of the molecule is Cc1ccc(N2C(=O)[C@H]3[C@H]4c5ccc(cc5)[C@@](C=Nc5ccccc5Cl)(c5ccccc54)[C@H]3C2=O)c(C)c1. The van der Waals surface area contributed by atoms with Crippen molar-refractivity contribution < 1.29 is 9.59 Å². The van der Waals surface area contributed by atoms with Crippen LogP contribution < -0.4 is 4.90 Å². The van der Waals surface area contributed by atoms with Crippen LogP contribution in [0.15, 0.2) is 96.0 Å². The maximum atomic E-state index is 14.6. The first-order valence-corrected chi connectivity index (χ1v) is 13.2. The fraction of sp³-hybridized carbons (Fsp3) is 0.182. The van der Waals surface area contributed by atoms with Crippen molar-refractivity contribution in [2.24, 2.45) is 16.8 Å².